The Balaban J connectivity index is 1.78. The van der Waals surface area contributed by atoms with Crippen molar-refractivity contribution in [2.75, 3.05) is 33.2 Å². The van der Waals surface area contributed by atoms with Crippen LogP contribution in [0.3, 0.4) is 0 Å². The number of hydrogen-bond acceptors (Lipinski definition) is 4. The average molecular weight is 306 g/mol. The lowest BCUT2D eigenvalue weighted by molar-refractivity contribution is 0.119. The number of ether oxygens (including phenoxy) is 1. The van der Waals surface area contributed by atoms with Crippen molar-refractivity contribution in [2.45, 2.75) is 0 Å². The summed E-state index contributed by atoms with van der Waals surface area (Å²) in [6.07, 6.45) is 1.26. The predicted molar refractivity (Wildman–Crippen MR) is 81.8 cm³/mol. The van der Waals surface area contributed by atoms with Crippen molar-refractivity contribution < 1.29 is 9.53 Å². The van der Waals surface area contributed by atoms with Gasteiger partial charge >= 0.3 is 6.09 Å². The molecule has 0 bridgehead atoms. The van der Waals surface area contributed by atoms with E-state index in [-0.39, 0.29) is 5.88 Å². The highest BCUT2D eigenvalue weighted by molar-refractivity contribution is 6.36. The number of likely N-dealkylation sites (N-methyl/N-ethyl adjacent to an activating group) is 1. The fourth-order valence-corrected chi connectivity index (χ4v) is 2.58. The third-order valence-electron chi connectivity index (χ3n) is 3.65. The highest BCUT2D eigenvalue weighted by Gasteiger charge is 2.22. The molecular weight excluding hydrogens is 290 g/mol. The number of halogens is 1. The van der Waals surface area contributed by atoms with Gasteiger partial charge in [-0.05, 0) is 7.05 Å². The number of piperazine rings is 1. The number of carbonyl (C=O) groups excluding carboxylic acids is 1. The molecule has 1 aromatic heterocycles. The van der Waals surface area contributed by atoms with Crippen LogP contribution < -0.4 is 4.74 Å². The van der Waals surface area contributed by atoms with Crippen LogP contribution in [0.4, 0.5) is 4.79 Å². The molecule has 0 unspecified atom stereocenters. The molecule has 5 nitrogen and oxygen atoms in total. The first-order valence-electron chi connectivity index (χ1n) is 6.83. The first kappa shape index (κ1) is 14.1. The van der Waals surface area contributed by atoms with E-state index in [4.69, 9.17) is 16.3 Å². The van der Waals surface area contributed by atoms with Crippen LogP contribution >= 0.6 is 11.6 Å². The van der Waals surface area contributed by atoms with E-state index >= 15 is 0 Å². The van der Waals surface area contributed by atoms with Crippen LogP contribution in [0.15, 0.2) is 30.5 Å². The smallest absolute Gasteiger partial charge is 0.389 e. The van der Waals surface area contributed by atoms with Crippen LogP contribution in [0.5, 0.6) is 5.88 Å². The SMILES string of the molecule is CN1CCN(C(=O)Oc2ncc3ccccc3c2Cl)CC1. The number of amides is 1. The molecule has 1 aliphatic heterocycles. The molecular formula is C15H16ClN3O2. The molecule has 1 fully saturated rings. The quantitative estimate of drug-likeness (QED) is 0.812. The summed E-state index contributed by atoms with van der Waals surface area (Å²) in [4.78, 5) is 20.1. The number of fused-ring (bicyclic) bond motifs is 1. The minimum atomic E-state index is -0.396. The molecule has 0 atom stereocenters. The van der Waals surface area contributed by atoms with Gasteiger partial charge in [0.15, 0.2) is 0 Å². The second kappa shape index (κ2) is 5.87. The first-order chi connectivity index (χ1) is 10.1. The zero-order valence-corrected chi connectivity index (χ0v) is 12.5. The Morgan fingerprint density at radius 2 is 1.95 bits per heavy atom. The molecule has 21 heavy (non-hydrogen) atoms. The Morgan fingerprint density at radius 3 is 2.71 bits per heavy atom. The fraction of sp³-hybridized carbons (Fsp3) is 0.333. The molecule has 1 aromatic carbocycles. The second-order valence-corrected chi connectivity index (χ2v) is 5.50. The Labute approximate surface area is 128 Å². The lowest BCUT2D eigenvalue weighted by Crippen LogP contribution is -2.48. The number of carbonyl (C=O) groups is 1. The van der Waals surface area contributed by atoms with Crippen LogP contribution in [-0.4, -0.2) is 54.1 Å². The molecule has 1 aliphatic rings. The summed E-state index contributed by atoms with van der Waals surface area (Å²) in [5.74, 6) is 0.166. The van der Waals surface area contributed by atoms with Crippen molar-refractivity contribution in [3.05, 3.63) is 35.5 Å². The third-order valence-corrected chi connectivity index (χ3v) is 4.02. The molecule has 1 saturated heterocycles. The minimum Gasteiger partial charge on any atom is -0.389 e. The lowest BCUT2D eigenvalue weighted by atomic mass is 10.2. The summed E-state index contributed by atoms with van der Waals surface area (Å²) in [6, 6.07) is 7.60. The molecule has 0 aliphatic carbocycles. The summed E-state index contributed by atoms with van der Waals surface area (Å²) in [7, 11) is 2.03. The van der Waals surface area contributed by atoms with Crippen molar-refractivity contribution >= 4 is 28.5 Å². The zero-order chi connectivity index (χ0) is 14.8. The Kier molecular flexibility index (Phi) is 3.94. The van der Waals surface area contributed by atoms with Gasteiger partial charge in [0.2, 0.25) is 5.88 Å². The van der Waals surface area contributed by atoms with E-state index in [9.17, 15) is 4.79 Å². The number of nitrogens with zero attached hydrogens (tertiary/aromatic N) is 3. The first-order valence-corrected chi connectivity index (χ1v) is 7.21. The number of aromatic nitrogens is 1. The third kappa shape index (κ3) is 2.94. The van der Waals surface area contributed by atoms with E-state index in [1.165, 1.54) is 0 Å². The van der Waals surface area contributed by atoms with E-state index in [0.717, 1.165) is 23.9 Å². The summed E-state index contributed by atoms with van der Waals surface area (Å²) in [5.41, 5.74) is 0. The fourth-order valence-electron chi connectivity index (χ4n) is 2.32. The van der Waals surface area contributed by atoms with Crippen molar-refractivity contribution in [1.82, 2.24) is 14.8 Å². The maximum atomic E-state index is 12.1. The van der Waals surface area contributed by atoms with Gasteiger partial charge in [-0.2, -0.15) is 0 Å². The highest BCUT2D eigenvalue weighted by atomic mass is 35.5. The molecule has 0 spiro atoms. The van der Waals surface area contributed by atoms with E-state index in [0.29, 0.717) is 18.1 Å². The summed E-state index contributed by atoms with van der Waals surface area (Å²) in [6.45, 7) is 2.99. The topological polar surface area (TPSA) is 45.7 Å². The normalized spacial score (nSPS) is 16.2. The van der Waals surface area contributed by atoms with Crippen LogP contribution in [0.25, 0.3) is 10.8 Å². The molecule has 3 rings (SSSR count). The molecule has 1 amide bonds. The van der Waals surface area contributed by atoms with Gasteiger partial charge in [-0.3, -0.25) is 0 Å². The monoisotopic (exact) mass is 305 g/mol. The number of hydrogen-bond donors (Lipinski definition) is 0. The molecule has 2 aromatic rings. The molecule has 0 radical (unpaired) electrons. The van der Waals surface area contributed by atoms with Gasteiger partial charge in [-0.15, -0.1) is 0 Å². The summed E-state index contributed by atoms with van der Waals surface area (Å²) >= 11 is 6.28. The highest BCUT2D eigenvalue weighted by Crippen LogP contribution is 2.30. The Bertz CT molecular complexity index is 669. The number of pyridine rings is 1. The van der Waals surface area contributed by atoms with Gasteiger partial charge in [-0.25, -0.2) is 9.78 Å². The van der Waals surface area contributed by atoms with Gasteiger partial charge in [0.25, 0.3) is 0 Å². The molecule has 0 N–H and O–H groups in total. The van der Waals surface area contributed by atoms with Crippen molar-refractivity contribution in [3.63, 3.8) is 0 Å². The molecule has 0 saturated carbocycles. The molecule has 2 heterocycles. The van der Waals surface area contributed by atoms with E-state index < -0.39 is 6.09 Å². The van der Waals surface area contributed by atoms with Gasteiger partial charge in [0.1, 0.15) is 5.02 Å². The summed E-state index contributed by atoms with van der Waals surface area (Å²) in [5, 5.41) is 2.12. The van der Waals surface area contributed by atoms with Crippen LogP contribution in [-0.2, 0) is 0 Å². The largest absolute Gasteiger partial charge is 0.416 e. The van der Waals surface area contributed by atoms with Gasteiger partial charge in [0, 0.05) is 43.1 Å². The second-order valence-electron chi connectivity index (χ2n) is 5.12. The van der Waals surface area contributed by atoms with Gasteiger partial charge < -0.3 is 14.5 Å². The average Bonchev–Trinajstić information content (AvgIpc) is 2.51. The minimum absolute atomic E-state index is 0.166. The zero-order valence-electron chi connectivity index (χ0n) is 11.8. The molecule has 6 heteroatoms. The van der Waals surface area contributed by atoms with Crippen LogP contribution in [0.1, 0.15) is 0 Å². The van der Waals surface area contributed by atoms with E-state index in [1.807, 2.05) is 31.3 Å². The Morgan fingerprint density at radius 1 is 1.24 bits per heavy atom. The number of benzene rings is 1. The number of rotatable bonds is 1. The van der Waals surface area contributed by atoms with E-state index in [2.05, 4.69) is 9.88 Å². The van der Waals surface area contributed by atoms with Crippen molar-refractivity contribution in [3.8, 4) is 5.88 Å². The van der Waals surface area contributed by atoms with Crippen molar-refractivity contribution in [2.24, 2.45) is 0 Å². The lowest BCUT2D eigenvalue weighted by Gasteiger charge is -2.31. The predicted octanol–water partition coefficient (Wildman–Crippen LogP) is 2.63. The maximum absolute atomic E-state index is 12.1. The summed E-state index contributed by atoms with van der Waals surface area (Å²) < 4.78 is 5.35. The Hall–Kier alpha value is -1.85. The maximum Gasteiger partial charge on any atom is 0.416 e. The van der Waals surface area contributed by atoms with Gasteiger partial charge in [-0.1, -0.05) is 35.9 Å². The van der Waals surface area contributed by atoms with Crippen LogP contribution in [0, 0.1) is 0 Å². The van der Waals surface area contributed by atoms with E-state index in [1.54, 1.807) is 11.1 Å². The van der Waals surface area contributed by atoms with Crippen LogP contribution in [0.2, 0.25) is 5.02 Å². The van der Waals surface area contributed by atoms with Gasteiger partial charge in [0.05, 0.1) is 0 Å². The van der Waals surface area contributed by atoms with Crippen molar-refractivity contribution in [1.29, 1.82) is 0 Å². The molecule has 110 valence electrons. The standard InChI is InChI=1S/C15H16ClN3O2/c1-18-6-8-19(9-7-18)15(20)21-14-13(16)12-5-3-2-4-11(12)10-17-14/h2-5,10H,6-9H2,1H3.